The molecule has 0 amide bonds. The smallest absolute Gasteiger partial charge is 0.154 e. The number of ether oxygens (including phenoxy) is 2. The zero-order valence-electron chi connectivity index (χ0n) is 13.4. The molecule has 0 bridgehead atoms. The normalized spacial score (nSPS) is 27.6. The van der Waals surface area contributed by atoms with Gasteiger partial charge in [0.25, 0.3) is 0 Å². The molecule has 0 spiro atoms. The summed E-state index contributed by atoms with van der Waals surface area (Å²) < 4.78 is 35.6. The number of hydrogen-bond donors (Lipinski definition) is 1. The van der Waals surface area contributed by atoms with Crippen molar-refractivity contribution in [2.75, 3.05) is 32.6 Å². The van der Waals surface area contributed by atoms with Gasteiger partial charge in [0.2, 0.25) is 0 Å². The number of hydrogen-bond acceptors (Lipinski definition) is 5. The molecule has 0 heterocycles. The van der Waals surface area contributed by atoms with E-state index in [4.69, 9.17) is 15.2 Å². The summed E-state index contributed by atoms with van der Waals surface area (Å²) in [7, 11) is -1.57. The van der Waals surface area contributed by atoms with E-state index in [1.54, 1.807) is 14.0 Å². The Balaban J connectivity index is 2.37. The molecule has 22 heavy (non-hydrogen) atoms. The maximum absolute atomic E-state index is 12.5. The fourth-order valence-electron chi connectivity index (χ4n) is 3.28. The first-order valence-electron chi connectivity index (χ1n) is 7.60. The molecule has 1 aliphatic carbocycles. The summed E-state index contributed by atoms with van der Waals surface area (Å²) in [6, 6.07) is 7.55. The molecule has 1 fully saturated rings. The molecule has 5 nitrogen and oxygen atoms in total. The number of methoxy groups -OCH3 is 1. The van der Waals surface area contributed by atoms with Gasteiger partial charge in [-0.2, -0.15) is 0 Å². The summed E-state index contributed by atoms with van der Waals surface area (Å²) in [5.74, 6) is 0.764. The van der Waals surface area contributed by atoms with Gasteiger partial charge in [-0.3, -0.25) is 0 Å². The van der Waals surface area contributed by atoms with Gasteiger partial charge in [0, 0.05) is 30.2 Å². The van der Waals surface area contributed by atoms with E-state index in [0.717, 1.165) is 11.3 Å². The molecule has 124 valence electrons. The summed E-state index contributed by atoms with van der Waals surface area (Å²) in [5, 5.41) is -0.463. The summed E-state index contributed by atoms with van der Waals surface area (Å²) in [6.07, 6.45) is 0. The van der Waals surface area contributed by atoms with Gasteiger partial charge in [-0.25, -0.2) is 8.42 Å². The molecule has 0 aliphatic heterocycles. The van der Waals surface area contributed by atoms with Crippen molar-refractivity contribution < 1.29 is 17.9 Å². The molecule has 2 N–H and O–H groups in total. The van der Waals surface area contributed by atoms with Gasteiger partial charge in [-0.05, 0) is 24.6 Å². The number of rotatable bonds is 8. The van der Waals surface area contributed by atoms with E-state index in [9.17, 15) is 8.42 Å². The second-order valence-electron chi connectivity index (χ2n) is 5.70. The van der Waals surface area contributed by atoms with E-state index in [2.05, 4.69) is 0 Å². The Morgan fingerprint density at radius 3 is 2.32 bits per heavy atom. The minimum atomic E-state index is -3.18. The summed E-state index contributed by atoms with van der Waals surface area (Å²) in [6.45, 7) is 4.81. The van der Waals surface area contributed by atoms with Gasteiger partial charge >= 0.3 is 0 Å². The van der Waals surface area contributed by atoms with Crippen molar-refractivity contribution in [3.63, 3.8) is 0 Å². The summed E-state index contributed by atoms with van der Waals surface area (Å²) in [4.78, 5) is 0. The third-order valence-electron chi connectivity index (χ3n) is 4.60. The van der Waals surface area contributed by atoms with Crippen molar-refractivity contribution in [3.8, 4) is 5.75 Å². The Morgan fingerprint density at radius 1 is 1.23 bits per heavy atom. The quantitative estimate of drug-likeness (QED) is 0.784. The van der Waals surface area contributed by atoms with Gasteiger partial charge in [0.15, 0.2) is 9.84 Å². The third kappa shape index (κ3) is 2.87. The summed E-state index contributed by atoms with van der Waals surface area (Å²) >= 11 is 0. The number of sulfone groups is 1. The lowest BCUT2D eigenvalue weighted by Gasteiger charge is -2.15. The largest absolute Gasteiger partial charge is 0.497 e. The van der Waals surface area contributed by atoms with E-state index < -0.39 is 20.5 Å². The van der Waals surface area contributed by atoms with E-state index in [1.165, 1.54) is 0 Å². The molecule has 1 aromatic rings. The lowest BCUT2D eigenvalue weighted by Crippen LogP contribution is -2.29. The molecule has 0 aromatic heterocycles. The molecular weight excluding hydrogens is 302 g/mol. The van der Waals surface area contributed by atoms with Crippen molar-refractivity contribution in [1.29, 1.82) is 0 Å². The van der Waals surface area contributed by atoms with Gasteiger partial charge in [-0.15, -0.1) is 0 Å². The fraction of sp³-hybridized carbons (Fsp3) is 0.625. The van der Waals surface area contributed by atoms with E-state index in [0.29, 0.717) is 19.8 Å². The van der Waals surface area contributed by atoms with Crippen LogP contribution in [0, 0.1) is 5.41 Å². The molecular formula is C16H25NO4S. The molecule has 0 unspecified atom stereocenters. The Hall–Kier alpha value is -1.11. The molecule has 2 rings (SSSR count). The minimum absolute atomic E-state index is 0.111. The van der Waals surface area contributed by atoms with E-state index in [1.807, 2.05) is 31.2 Å². The van der Waals surface area contributed by atoms with Crippen LogP contribution in [0.1, 0.15) is 25.3 Å². The highest BCUT2D eigenvalue weighted by molar-refractivity contribution is 7.92. The van der Waals surface area contributed by atoms with Crippen molar-refractivity contribution in [1.82, 2.24) is 0 Å². The number of nitrogens with two attached hydrogens (primary N) is 1. The maximum Gasteiger partial charge on any atom is 0.154 e. The van der Waals surface area contributed by atoms with E-state index >= 15 is 0 Å². The minimum Gasteiger partial charge on any atom is -0.497 e. The van der Waals surface area contributed by atoms with Crippen LogP contribution in [-0.2, 0) is 14.6 Å². The maximum atomic E-state index is 12.5. The van der Waals surface area contributed by atoms with Crippen LogP contribution in [0.4, 0.5) is 0 Å². The van der Waals surface area contributed by atoms with Crippen LogP contribution in [-0.4, -0.2) is 46.3 Å². The fourth-order valence-corrected chi connectivity index (χ4v) is 5.43. The average Bonchev–Trinajstić information content (AvgIpc) is 3.23. The zero-order chi connectivity index (χ0) is 16.4. The average molecular weight is 327 g/mol. The Labute approximate surface area is 132 Å². The zero-order valence-corrected chi connectivity index (χ0v) is 14.2. The van der Waals surface area contributed by atoms with Crippen LogP contribution in [0.3, 0.4) is 0 Å². The van der Waals surface area contributed by atoms with Crippen LogP contribution in [0.5, 0.6) is 5.75 Å². The highest BCUT2D eigenvalue weighted by atomic mass is 32.2. The second kappa shape index (κ2) is 6.56. The molecule has 1 aromatic carbocycles. The van der Waals surface area contributed by atoms with Crippen molar-refractivity contribution in [2.24, 2.45) is 11.1 Å². The van der Waals surface area contributed by atoms with Gasteiger partial charge < -0.3 is 15.2 Å². The highest BCUT2D eigenvalue weighted by Crippen LogP contribution is 2.62. The molecule has 0 radical (unpaired) electrons. The van der Waals surface area contributed by atoms with Crippen molar-refractivity contribution in [2.45, 2.75) is 25.0 Å². The predicted molar refractivity (Wildman–Crippen MR) is 87.0 cm³/mol. The Bertz CT molecular complexity index is 599. The Kier molecular flexibility index (Phi) is 5.14. The molecule has 0 saturated heterocycles. The van der Waals surface area contributed by atoms with E-state index in [-0.39, 0.29) is 11.7 Å². The van der Waals surface area contributed by atoms with Gasteiger partial charge in [0.1, 0.15) is 5.75 Å². The van der Waals surface area contributed by atoms with Crippen molar-refractivity contribution >= 4 is 9.84 Å². The first-order chi connectivity index (χ1) is 10.5. The number of benzene rings is 1. The van der Waals surface area contributed by atoms with Crippen LogP contribution >= 0.6 is 0 Å². The lowest BCUT2D eigenvalue weighted by atomic mass is 10.00. The summed E-state index contributed by atoms with van der Waals surface area (Å²) in [5.41, 5.74) is 6.43. The van der Waals surface area contributed by atoms with Crippen LogP contribution in [0.15, 0.2) is 24.3 Å². The first kappa shape index (κ1) is 17.2. The SMILES string of the molecule is CCOC[C@@]1(CN)[C@@H](c2ccc(OC)cc2)[C@@H]1S(=O)(=O)CC. The van der Waals surface area contributed by atoms with Crippen LogP contribution in [0.2, 0.25) is 0 Å². The topological polar surface area (TPSA) is 78.6 Å². The van der Waals surface area contributed by atoms with Crippen LogP contribution < -0.4 is 10.5 Å². The second-order valence-corrected chi connectivity index (χ2v) is 8.11. The third-order valence-corrected chi connectivity index (χ3v) is 6.92. The lowest BCUT2D eigenvalue weighted by molar-refractivity contribution is 0.101. The molecule has 6 heteroatoms. The van der Waals surface area contributed by atoms with Gasteiger partial charge in [-0.1, -0.05) is 19.1 Å². The molecule has 1 saturated carbocycles. The Morgan fingerprint density at radius 2 is 1.86 bits per heavy atom. The highest BCUT2D eigenvalue weighted by Gasteiger charge is 2.69. The van der Waals surface area contributed by atoms with Gasteiger partial charge in [0.05, 0.1) is 19.0 Å². The first-order valence-corrected chi connectivity index (χ1v) is 9.31. The van der Waals surface area contributed by atoms with Crippen molar-refractivity contribution in [3.05, 3.63) is 29.8 Å². The van der Waals surface area contributed by atoms with Crippen LogP contribution in [0.25, 0.3) is 0 Å². The monoisotopic (exact) mass is 327 g/mol. The molecule has 3 atom stereocenters. The molecule has 1 aliphatic rings. The predicted octanol–water partition coefficient (Wildman–Crippen LogP) is 1.58. The standard InChI is InChI=1S/C16H25NO4S/c1-4-21-11-16(10-17)14(15(16)22(18,19)5-2)12-6-8-13(20-3)9-7-12/h6-9,14-15H,4-5,10-11,17H2,1-3H3/t14-,15-,16-/m0/s1.